The highest BCUT2D eigenvalue weighted by molar-refractivity contribution is 7.85. The third-order valence-corrected chi connectivity index (χ3v) is 3.53. The van der Waals surface area contributed by atoms with E-state index in [1.807, 2.05) is 0 Å². The van der Waals surface area contributed by atoms with Crippen molar-refractivity contribution >= 4 is 21.9 Å². The lowest BCUT2D eigenvalue weighted by atomic mass is 10.3. The third kappa shape index (κ3) is 34.0. The van der Waals surface area contributed by atoms with Gasteiger partial charge in [-0.25, -0.2) is 0 Å². The zero-order valence-corrected chi connectivity index (χ0v) is 17.9. The van der Waals surface area contributed by atoms with Crippen LogP contribution in [0.3, 0.4) is 0 Å². The summed E-state index contributed by atoms with van der Waals surface area (Å²) in [6.07, 6.45) is 3.48. The van der Waals surface area contributed by atoms with Gasteiger partial charge in [0.25, 0.3) is 10.1 Å². The molecule has 0 bridgehead atoms. The highest BCUT2D eigenvalue weighted by Gasteiger charge is 2.13. The number of rotatable bonds is 8. The van der Waals surface area contributed by atoms with Crippen LogP contribution in [0.5, 0.6) is 0 Å². The molecule has 4 N–H and O–H groups in total. The minimum atomic E-state index is -3.72. The van der Waals surface area contributed by atoms with Gasteiger partial charge in [-0.2, -0.15) is 8.42 Å². The molecule has 0 fully saturated rings. The Labute approximate surface area is 164 Å². The molecule has 0 saturated heterocycles. The maximum absolute atomic E-state index is 10.8. The smallest absolute Gasteiger partial charge is 0.265 e. The zero-order chi connectivity index (χ0) is 20.7. The number of carbonyl (C=O) groups excluding carboxylic acids is 2. The normalized spacial score (nSPS) is 10.1. The Kier molecular flexibility index (Phi) is 21.1. The molecule has 0 atom stereocenters. The summed E-state index contributed by atoms with van der Waals surface area (Å²) in [5.41, 5.74) is 4.53. The number of nitrogens with one attached hydrogen (secondary N) is 1. The van der Waals surface area contributed by atoms with E-state index in [0.29, 0.717) is 6.67 Å². The number of nitrogens with two attached hydrogens (primary N) is 1. The van der Waals surface area contributed by atoms with Gasteiger partial charge in [-0.3, -0.25) is 14.1 Å². The number of primary amides is 1. The van der Waals surface area contributed by atoms with Gasteiger partial charge < -0.3 is 27.9 Å². The Morgan fingerprint density at radius 1 is 1.23 bits per heavy atom. The molecule has 0 aliphatic rings. The van der Waals surface area contributed by atoms with Crippen LogP contribution >= 0.6 is 0 Å². The third-order valence-electron chi connectivity index (χ3n) is 2.44. The van der Waals surface area contributed by atoms with Crippen molar-refractivity contribution in [3.63, 3.8) is 0 Å². The van der Waals surface area contributed by atoms with E-state index in [-0.39, 0.29) is 30.0 Å². The molecule has 0 aromatic rings. The molecule has 0 spiro atoms. The number of amides is 2. The van der Waals surface area contributed by atoms with E-state index in [1.165, 1.54) is 6.08 Å². The summed E-state index contributed by atoms with van der Waals surface area (Å²) in [7, 11) is 0.457. The summed E-state index contributed by atoms with van der Waals surface area (Å²) in [6, 6.07) is 0. The van der Waals surface area contributed by atoms with Crippen molar-refractivity contribution in [3.05, 3.63) is 25.3 Å². The summed E-state index contributed by atoms with van der Waals surface area (Å²) in [4.78, 5) is 20.3. The van der Waals surface area contributed by atoms with Crippen LogP contribution in [0, 0.1) is 5.92 Å². The van der Waals surface area contributed by atoms with Crippen molar-refractivity contribution in [2.75, 3.05) is 33.1 Å². The lowest BCUT2D eigenvalue weighted by Crippen LogP contribution is -3.00. The number of carbonyl (C=O) groups is 2. The van der Waals surface area contributed by atoms with Crippen molar-refractivity contribution in [2.24, 2.45) is 11.7 Å². The van der Waals surface area contributed by atoms with E-state index in [9.17, 15) is 18.0 Å². The second kappa shape index (κ2) is 17.0. The minimum absolute atomic E-state index is 0. The highest BCUT2D eigenvalue weighted by atomic mass is 35.5. The maximum Gasteiger partial charge on any atom is 0.265 e. The average molecular weight is 416 g/mol. The molecule has 0 heterocycles. The van der Waals surface area contributed by atoms with Gasteiger partial charge in [0.2, 0.25) is 11.8 Å². The Bertz CT molecular complexity index is 520. The molecule has 156 valence electrons. The van der Waals surface area contributed by atoms with E-state index >= 15 is 0 Å². The first kappa shape index (κ1) is 32.3. The zero-order valence-electron chi connectivity index (χ0n) is 16.4. The van der Waals surface area contributed by atoms with E-state index in [4.69, 9.17) is 4.55 Å². The maximum atomic E-state index is 10.8. The lowest BCUT2D eigenvalue weighted by Gasteiger charge is -2.28. The summed E-state index contributed by atoms with van der Waals surface area (Å²) in [5.74, 6) is -0.722. The molecule has 26 heavy (non-hydrogen) atoms. The van der Waals surface area contributed by atoms with Gasteiger partial charge in [0.05, 0.1) is 26.4 Å². The first-order valence-electron chi connectivity index (χ1n) is 7.80. The minimum Gasteiger partial charge on any atom is -1.00 e. The molecule has 0 radical (unpaired) electrons. The Balaban J connectivity index is -0.000000150. The van der Waals surface area contributed by atoms with Crippen molar-refractivity contribution in [1.82, 2.24) is 5.32 Å². The highest BCUT2D eigenvalue weighted by Crippen LogP contribution is 1.96. The van der Waals surface area contributed by atoms with Crippen LogP contribution in [0.4, 0.5) is 0 Å². The molecule has 0 unspecified atom stereocenters. The lowest BCUT2D eigenvalue weighted by molar-refractivity contribution is -0.892. The van der Waals surface area contributed by atoms with Crippen molar-refractivity contribution in [1.29, 1.82) is 0 Å². The van der Waals surface area contributed by atoms with Crippen LogP contribution < -0.4 is 23.5 Å². The monoisotopic (exact) mass is 415 g/mol. The molecule has 0 rings (SSSR count). The van der Waals surface area contributed by atoms with Crippen molar-refractivity contribution in [2.45, 2.75) is 27.2 Å². The summed E-state index contributed by atoms with van der Waals surface area (Å²) < 4.78 is 29.0. The fourth-order valence-corrected chi connectivity index (χ4v) is 2.31. The standard InChI is InChI=1S/C9H18N2O.C4H10O3S.C3H5NO.ClH/c1-5-7-11(3,4)8-10-9(12)6-2;1-4(2)3-8(5,6)7;1-2-3(4)5;/h6H,2,5,7-8H2,1,3-4H3;4H,3H2,1-2H3,(H,5,6,7);2H,1H2,(H2,4,5);1H. The average Bonchev–Trinajstić information content (AvgIpc) is 2.43. The van der Waals surface area contributed by atoms with Gasteiger partial charge in [0.15, 0.2) is 6.67 Å². The molecular weight excluding hydrogens is 382 g/mol. The number of nitrogens with zero attached hydrogens (tertiary/aromatic N) is 1. The number of quaternary nitrogens is 1. The van der Waals surface area contributed by atoms with Crippen LogP contribution in [0.25, 0.3) is 0 Å². The quantitative estimate of drug-likeness (QED) is 0.181. The predicted molar refractivity (Wildman–Crippen MR) is 101 cm³/mol. The van der Waals surface area contributed by atoms with Gasteiger partial charge in [0.1, 0.15) is 0 Å². The van der Waals surface area contributed by atoms with Crippen molar-refractivity contribution < 1.29 is 39.4 Å². The molecule has 0 aromatic heterocycles. The van der Waals surface area contributed by atoms with Gasteiger partial charge in [-0.1, -0.05) is 33.9 Å². The van der Waals surface area contributed by atoms with Crippen LogP contribution in [-0.4, -0.2) is 62.3 Å². The van der Waals surface area contributed by atoms with E-state index in [2.05, 4.69) is 45.2 Å². The van der Waals surface area contributed by atoms with Crippen LogP contribution in [-0.2, 0) is 19.7 Å². The number of hydrogen-bond acceptors (Lipinski definition) is 4. The van der Waals surface area contributed by atoms with Crippen LogP contribution in [0.15, 0.2) is 25.3 Å². The fraction of sp³-hybridized carbons (Fsp3) is 0.625. The van der Waals surface area contributed by atoms with Crippen molar-refractivity contribution in [3.8, 4) is 0 Å². The van der Waals surface area contributed by atoms with E-state index < -0.39 is 16.0 Å². The Morgan fingerprint density at radius 3 is 1.85 bits per heavy atom. The number of hydrogen-bond donors (Lipinski definition) is 3. The van der Waals surface area contributed by atoms with Gasteiger partial charge >= 0.3 is 0 Å². The molecule has 0 saturated carbocycles. The van der Waals surface area contributed by atoms with E-state index in [0.717, 1.165) is 23.5 Å². The second-order valence-electron chi connectivity index (χ2n) is 6.31. The largest absolute Gasteiger partial charge is 1.00 e. The van der Waals surface area contributed by atoms with Crippen LogP contribution in [0.2, 0.25) is 0 Å². The molecule has 0 aromatic carbocycles. The Morgan fingerprint density at radius 2 is 1.65 bits per heavy atom. The topological polar surface area (TPSA) is 127 Å². The Hall–Kier alpha value is -1.42. The van der Waals surface area contributed by atoms with Crippen LogP contribution in [0.1, 0.15) is 27.2 Å². The first-order chi connectivity index (χ1) is 11.2. The molecule has 2 amide bonds. The summed E-state index contributed by atoms with van der Waals surface area (Å²) in [6.45, 7) is 13.8. The SMILES string of the molecule is C=CC(=O)NC[N+](C)(C)CCC.C=CC(N)=O.CC(C)CS(=O)(=O)O.[Cl-]. The summed E-state index contributed by atoms with van der Waals surface area (Å²) >= 11 is 0. The molecular formula is C16H34ClN3O5S. The molecule has 0 aliphatic carbocycles. The van der Waals surface area contributed by atoms with Gasteiger partial charge in [-0.05, 0) is 24.5 Å². The fourth-order valence-electron chi connectivity index (χ4n) is 1.47. The van der Waals surface area contributed by atoms with Gasteiger partial charge in [0, 0.05) is 0 Å². The van der Waals surface area contributed by atoms with Gasteiger partial charge in [-0.15, -0.1) is 0 Å². The molecule has 0 aliphatic heterocycles. The second-order valence-corrected chi connectivity index (χ2v) is 7.81. The van der Waals surface area contributed by atoms with E-state index in [1.54, 1.807) is 13.8 Å². The number of halogens is 1. The molecule has 10 heteroatoms. The first-order valence-corrected chi connectivity index (χ1v) is 9.41. The molecule has 8 nitrogen and oxygen atoms in total. The predicted octanol–water partition coefficient (Wildman–Crippen LogP) is -2.08. The summed E-state index contributed by atoms with van der Waals surface area (Å²) in [5, 5.41) is 2.77.